The van der Waals surface area contributed by atoms with Gasteiger partial charge in [-0.25, -0.2) is 0 Å². The van der Waals surface area contributed by atoms with Crippen molar-refractivity contribution in [2.24, 2.45) is 4.99 Å². The predicted molar refractivity (Wildman–Crippen MR) is 93.4 cm³/mol. The van der Waals surface area contributed by atoms with Crippen LogP contribution < -0.4 is 4.43 Å². The molecule has 0 unspecified atom stereocenters. The van der Waals surface area contributed by atoms with Gasteiger partial charge in [0, 0.05) is 19.0 Å². The first-order chi connectivity index (χ1) is 10.4. The molecule has 0 atom stereocenters. The number of rotatable bonds is 6. The lowest BCUT2D eigenvalue weighted by molar-refractivity contribution is 0.549. The molecule has 0 N–H and O–H groups in total. The Morgan fingerprint density at radius 3 is 2.59 bits per heavy atom. The fraction of sp³-hybridized carbons (Fsp3) is 0.353. The lowest BCUT2D eigenvalue weighted by Gasteiger charge is -2.21. The van der Waals surface area contributed by atoms with Gasteiger partial charge >= 0.3 is 0 Å². The third kappa shape index (κ3) is 5.41. The van der Waals surface area contributed by atoms with Crippen molar-refractivity contribution in [1.82, 2.24) is 9.97 Å². The van der Waals surface area contributed by atoms with Crippen molar-refractivity contribution in [2.45, 2.75) is 33.0 Å². The Hall–Kier alpha value is -2.01. The summed E-state index contributed by atoms with van der Waals surface area (Å²) in [6.45, 7) is 9.21. The normalized spacial score (nSPS) is 11.8. The molecule has 0 aliphatic carbocycles. The molecule has 2 aromatic rings. The summed E-state index contributed by atoms with van der Waals surface area (Å²) in [6.07, 6.45) is 6.12. The van der Waals surface area contributed by atoms with Crippen molar-refractivity contribution in [2.75, 3.05) is 6.54 Å². The standard InChI is InChI=1S/C17H23N3OSi/c1-14-11-20-16(13-19-14)12-18-10-9-15-7-5-6-8-17(15)21-22(2,3)4/h5-8,11-13H,9-10H2,1-4H3. The van der Waals surface area contributed by atoms with Gasteiger partial charge in [-0.15, -0.1) is 0 Å². The van der Waals surface area contributed by atoms with Gasteiger partial charge in [-0.2, -0.15) is 0 Å². The Morgan fingerprint density at radius 2 is 1.91 bits per heavy atom. The Labute approximate surface area is 133 Å². The molecule has 2 rings (SSSR count). The van der Waals surface area contributed by atoms with Gasteiger partial charge in [0.1, 0.15) is 5.75 Å². The molecular weight excluding hydrogens is 290 g/mol. The van der Waals surface area contributed by atoms with Crippen molar-refractivity contribution >= 4 is 14.5 Å². The van der Waals surface area contributed by atoms with Crippen LogP contribution in [0.4, 0.5) is 0 Å². The zero-order chi connectivity index (χ0) is 16.0. The van der Waals surface area contributed by atoms with Crippen LogP contribution in [-0.4, -0.2) is 31.0 Å². The molecule has 0 saturated carbocycles. The number of hydrogen-bond acceptors (Lipinski definition) is 4. The molecule has 0 saturated heterocycles. The van der Waals surface area contributed by atoms with Crippen LogP contribution in [0.15, 0.2) is 41.7 Å². The number of para-hydroxylation sites is 1. The quantitative estimate of drug-likeness (QED) is 0.604. The van der Waals surface area contributed by atoms with Gasteiger partial charge in [0.25, 0.3) is 0 Å². The first-order valence-electron chi connectivity index (χ1n) is 7.49. The fourth-order valence-electron chi connectivity index (χ4n) is 1.95. The molecule has 116 valence electrons. The van der Waals surface area contributed by atoms with Crippen molar-refractivity contribution in [3.8, 4) is 5.75 Å². The highest BCUT2D eigenvalue weighted by molar-refractivity contribution is 6.70. The van der Waals surface area contributed by atoms with Crippen molar-refractivity contribution in [3.05, 3.63) is 53.6 Å². The van der Waals surface area contributed by atoms with E-state index in [0.717, 1.165) is 23.6 Å². The maximum absolute atomic E-state index is 6.13. The molecule has 0 fully saturated rings. The van der Waals surface area contributed by atoms with E-state index in [1.54, 1.807) is 18.6 Å². The van der Waals surface area contributed by atoms with Crippen LogP contribution in [0.1, 0.15) is 17.0 Å². The van der Waals surface area contributed by atoms with E-state index in [0.29, 0.717) is 6.54 Å². The van der Waals surface area contributed by atoms with Gasteiger partial charge in [-0.05, 0) is 44.6 Å². The Kier molecular flexibility index (Phi) is 5.44. The van der Waals surface area contributed by atoms with Crippen molar-refractivity contribution in [1.29, 1.82) is 0 Å². The summed E-state index contributed by atoms with van der Waals surface area (Å²) in [7, 11) is -1.59. The summed E-state index contributed by atoms with van der Waals surface area (Å²) < 4.78 is 6.13. The third-order valence-corrected chi connectivity index (χ3v) is 3.76. The molecule has 1 heterocycles. The average Bonchev–Trinajstić information content (AvgIpc) is 2.45. The largest absolute Gasteiger partial charge is 0.544 e. The molecule has 0 amide bonds. The van der Waals surface area contributed by atoms with Crippen LogP contribution in [0, 0.1) is 6.92 Å². The topological polar surface area (TPSA) is 47.4 Å². The molecule has 1 aromatic carbocycles. The zero-order valence-electron chi connectivity index (χ0n) is 13.7. The summed E-state index contributed by atoms with van der Waals surface area (Å²) in [5.41, 5.74) is 2.91. The molecule has 0 bridgehead atoms. The minimum absolute atomic E-state index is 0.710. The van der Waals surface area contributed by atoms with E-state index in [1.807, 2.05) is 25.1 Å². The first kappa shape index (κ1) is 16.4. The van der Waals surface area contributed by atoms with Crippen molar-refractivity contribution < 1.29 is 4.43 Å². The smallest absolute Gasteiger partial charge is 0.242 e. The van der Waals surface area contributed by atoms with Gasteiger partial charge in [-0.1, -0.05) is 18.2 Å². The van der Waals surface area contributed by atoms with E-state index in [-0.39, 0.29) is 0 Å². The Morgan fingerprint density at radius 1 is 1.14 bits per heavy atom. The lowest BCUT2D eigenvalue weighted by Crippen LogP contribution is -2.29. The van der Waals surface area contributed by atoms with E-state index in [9.17, 15) is 0 Å². The van der Waals surface area contributed by atoms with Crippen LogP contribution in [0.3, 0.4) is 0 Å². The number of aromatic nitrogens is 2. The van der Waals surface area contributed by atoms with Crippen LogP contribution in [0.2, 0.25) is 19.6 Å². The Balaban J connectivity index is 1.95. The van der Waals surface area contributed by atoms with E-state index in [4.69, 9.17) is 4.43 Å². The molecule has 0 aliphatic rings. The predicted octanol–water partition coefficient (Wildman–Crippen LogP) is 3.66. The number of aliphatic imine (C=N–C) groups is 1. The minimum Gasteiger partial charge on any atom is -0.544 e. The molecule has 22 heavy (non-hydrogen) atoms. The van der Waals surface area contributed by atoms with Crippen LogP contribution in [0.5, 0.6) is 5.75 Å². The maximum Gasteiger partial charge on any atom is 0.242 e. The summed E-state index contributed by atoms with van der Waals surface area (Å²) in [5.74, 6) is 0.993. The van der Waals surface area contributed by atoms with Gasteiger partial charge in [0.2, 0.25) is 8.32 Å². The van der Waals surface area contributed by atoms with Crippen LogP contribution in [-0.2, 0) is 6.42 Å². The maximum atomic E-state index is 6.13. The summed E-state index contributed by atoms with van der Waals surface area (Å²) in [6, 6.07) is 8.21. The fourth-order valence-corrected chi connectivity index (χ4v) is 2.81. The number of hydrogen-bond donors (Lipinski definition) is 0. The highest BCUT2D eigenvalue weighted by Crippen LogP contribution is 2.22. The van der Waals surface area contributed by atoms with E-state index in [1.165, 1.54) is 5.56 Å². The molecule has 5 heteroatoms. The number of aryl methyl sites for hydroxylation is 1. The van der Waals surface area contributed by atoms with Crippen LogP contribution >= 0.6 is 0 Å². The lowest BCUT2D eigenvalue weighted by atomic mass is 10.1. The summed E-state index contributed by atoms with van der Waals surface area (Å²) >= 11 is 0. The number of benzene rings is 1. The highest BCUT2D eigenvalue weighted by atomic mass is 28.4. The monoisotopic (exact) mass is 313 g/mol. The third-order valence-electron chi connectivity index (χ3n) is 2.92. The molecule has 1 aromatic heterocycles. The van der Waals surface area contributed by atoms with Gasteiger partial charge < -0.3 is 4.43 Å². The second kappa shape index (κ2) is 7.31. The second-order valence-corrected chi connectivity index (χ2v) is 10.6. The highest BCUT2D eigenvalue weighted by Gasteiger charge is 2.17. The zero-order valence-corrected chi connectivity index (χ0v) is 14.7. The molecule has 0 radical (unpaired) electrons. The first-order valence-corrected chi connectivity index (χ1v) is 10.9. The summed E-state index contributed by atoms with van der Waals surface area (Å²) in [5, 5.41) is 0. The second-order valence-electron chi connectivity index (χ2n) is 6.19. The molecule has 0 aliphatic heterocycles. The van der Waals surface area contributed by atoms with Crippen LogP contribution in [0.25, 0.3) is 0 Å². The molecule has 4 nitrogen and oxygen atoms in total. The van der Waals surface area contributed by atoms with Gasteiger partial charge in [-0.3, -0.25) is 15.0 Å². The minimum atomic E-state index is -1.59. The van der Waals surface area contributed by atoms with E-state index in [2.05, 4.69) is 40.7 Å². The molecular formula is C17H23N3OSi. The van der Waals surface area contributed by atoms with Gasteiger partial charge in [0.15, 0.2) is 0 Å². The summed E-state index contributed by atoms with van der Waals surface area (Å²) in [4.78, 5) is 12.9. The van der Waals surface area contributed by atoms with E-state index < -0.39 is 8.32 Å². The Bertz CT molecular complexity index is 633. The van der Waals surface area contributed by atoms with Crippen molar-refractivity contribution in [3.63, 3.8) is 0 Å². The average molecular weight is 313 g/mol. The van der Waals surface area contributed by atoms with E-state index >= 15 is 0 Å². The van der Waals surface area contributed by atoms with Gasteiger partial charge in [0.05, 0.1) is 17.6 Å². The number of nitrogens with zero attached hydrogens (tertiary/aromatic N) is 3. The molecule has 0 spiro atoms. The SMILES string of the molecule is Cc1cnc(C=NCCc2ccccc2O[Si](C)(C)C)cn1.